The van der Waals surface area contributed by atoms with Crippen LogP contribution in [0.4, 0.5) is 0 Å². The molecule has 1 N–H and O–H groups in total. The van der Waals surface area contributed by atoms with Crippen LogP contribution in [-0.4, -0.2) is 40.5 Å². The summed E-state index contributed by atoms with van der Waals surface area (Å²) in [5, 5.41) is 3.22. The molecule has 17 heavy (non-hydrogen) atoms. The molecule has 0 unspecified atom stereocenters. The van der Waals surface area contributed by atoms with E-state index in [4.69, 9.17) is 14.2 Å². The summed E-state index contributed by atoms with van der Waals surface area (Å²) in [6.45, 7) is 3.78. The third kappa shape index (κ3) is 6.26. The summed E-state index contributed by atoms with van der Waals surface area (Å²) in [6, 6.07) is 7.90. The number of ether oxygens (including phenoxy) is 3. The number of methoxy groups -OCH3 is 2. The molecule has 0 aliphatic carbocycles. The molecule has 4 nitrogen and oxygen atoms in total. The van der Waals surface area contributed by atoms with Gasteiger partial charge in [-0.15, -0.1) is 0 Å². The van der Waals surface area contributed by atoms with Crippen molar-refractivity contribution >= 4 is 0 Å². The maximum Gasteiger partial charge on any atom is 0.118 e. The molecule has 0 bridgehead atoms. The Kier molecular flexibility index (Phi) is 7.38. The molecule has 0 spiro atoms. The summed E-state index contributed by atoms with van der Waals surface area (Å²) in [7, 11) is 3.36. The Hall–Kier alpha value is -1.10. The van der Waals surface area contributed by atoms with Crippen LogP contribution in [0, 0.1) is 0 Å². The van der Waals surface area contributed by atoms with E-state index in [1.54, 1.807) is 14.2 Å². The average molecular weight is 239 g/mol. The summed E-state index contributed by atoms with van der Waals surface area (Å²) in [6.07, 6.45) is 0. The van der Waals surface area contributed by atoms with E-state index in [1.807, 2.05) is 24.3 Å². The smallest absolute Gasteiger partial charge is 0.118 e. The Bertz CT molecular complexity index is 287. The van der Waals surface area contributed by atoms with Gasteiger partial charge in [0.25, 0.3) is 0 Å². The standard InChI is InChI=1S/C13H21NO3/c1-15-9-7-14-8-10-17-11-12-3-5-13(16-2)6-4-12/h3-6,14H,7-11H2,1-2H3. The Morgan fingerprint density at radius 2 is 1.71 bits per heavy atom. The van der Waals surface area contributed by atoms with Crippen molar-refractivity contribution in [2.24, 2.45) is 0 Å². The van der Waals surface area contributed by atoms with Gasteiger partial charge in [-0.25, -0.2) is 0 Å². The molecule has 0 amide bonds. The molecular weight excluding hydrogens is 218 g/mol. The Morgan fingerprint density at radius 1 is 1.00 bits per heavy atom. The number of hydrogen-bond acceptors (Lipinski definition) is 4. The Morgan fingerprint density at radius 3 is 2.35 bits per heavy atom. The molecule has 1 aromatic rings. The highest BCUT2D eigenvalue weighted by Gasteiger charge is 1.94. The number of rotatable bonds is 9. The highest BCUT2D eigenvalue weighted by atomic mass is 16.5. The first-order valence-electron chi connectivity index (χ1n) is 5.77. The lowest BCUT2D eigenvalue weighted by molar-refractivity contribution is 0.120. The first-order valence-corrected chi connectivity index (χ1v) is 5.77. The number of benzene rings is 1. The minimum Gasteiger partial charge on any atom is -0.497 e. The zero-order chi connectivity index (χ0) is 12.3. The van der Waals surface area contributed by atoms with Crippen LogP contribution in [0.3, 0.4) is 0 Å². The maximum atomic E-state index is 5.53. The molecule has 0 aliphatic heterocycles. The van der Waals surface area contributed by atoms with Gasteiger partial charge in [-0.2, -0.15) is 0 Å². The lowest BCUT2D eigenvalue weighted by Gasteiger charge is -2.06. The third-order valence-corrected chi connectivity index (χ3v) is 2.33. The zero-order valence-electron chi connectivity index (χ0n) is 10.6. The van der Waals surface area contributed by atoms with Crippen molar-refractivity contribution in [1.29, 1.82) is 0 Å². The quantitative estimate of drug-likeness (QED) is 0.662. The molecule has 0 fully saturated rings. The van der Waals surface area contributed by atoms with Gasteiger partial charge in [0, 0.05) is 20.2 Å². The largest absolute Gasteiger partial charge is 0.497 e. The van der Waals surface area contributed by atoms with Gasteiger partial charge in [0.2, 0.25) is 0 Å². The topological polar surface area (TPSA) is 39.7 Å². The van der Waals surface area contributed by atoms with E-state index in [1.165, 1.54) is 0 Å². The fourth-order valence-electron chi connectivity index (χ4n) is 1.36. The van der Waals surface area contributed by atoms with Crippen LogP contribution in [-0.2, 0) is 16.1 Å². The number of hydrogen-bond donors (Lipinski definition) is 1. The fourth-order valence-corrected chi connectivity index (χ4v) is 1.36. The zero-order valence-corrected chi connectivity index (χ0v) is 10.6. The third-order valence-electron chi connectivity index (χ3n) is 2.33. The van der Waals surface area contributed by atoms with Crippen molar-refractivity contribution < 1.29 is 14.2 Å². The minimum absolute atomic E-state index is 0.635. The second-order valence-electron chi connectivity index (χ2n) is 3.64. The van der Waals surface area contributed by atoms with Crippen molar-refractivity contribution in [2.75, 3.05) is 40.5 Å². The summed E-state index contributed by atoms with van der Waals surface area (Å²) in [5.74, 6) is 0.870. The Labute approximate surface area is 103 Å². The fraction of sp³-hybridized carbons (Fsp3) is 0.538. The average Bonchev–Trinajstić information content (AvgIpc) is 2.38. The van der Waals surface area contributed by atoms with E-state index in [0.29, 0.717) is 13.2 Å². The number of nitrogens with one attached hydrogen (secondary N) is 1. The van der Waals surface area contributed by atoms with Gasteiger partial charge in [-0.3, -0.25) is 0 Å². The van der Waals surface area contributed by atoms with E-state index in [9.17, 15) is 0 Å². The van der Waals surface area contributed by atoms with Crippen molar-refractivity contribution in [1.82, 2.24) is 5.32 Å². The molecular formula is C13H21NO3. The van der Waals surface area contributed by atoms with Crippen LogP contribution < -0.4 is 10.1 Å². The Balaban J connectivity index is 2.05. The molecule has 0 atom stereocenters. The van der Waals surface area contributed by atoms with Gasteiger partial charge in [0.1, 0.15) is 5.75 Å². The van der Waals surface area contributed by atoms with Crippen molar-refractivity contribution in [3.8, 4) is 5.75 Å². The molecule has 1 aromatic carbocycles. The molecule has 0 saturated heterocycles. The maximum absolute atomic E-state index is 5.53. The summed E-state index contributed by atoms with van der Waals surface area (Å²) < 4.78 is 15.5. The molecule has 1 rings (SSSR count). The first kappa shape index (κ1) is 14.0. The van der Waals surface area contributed by atoms with Crippen LogP contribution >= 0.6 is 0 Å². The second-order valence-corrected chi connectivity index (χ2v) is 3.64. The van der Waals surface area contributed by atoms with Crippen LogP contribution in [0.25, 0.3) is 0 Å². The van der Waals surface area contributed by atoms with Gasteiger partial charge in [0.15, 0.2) is 0 Å². The van der Waals surface area contributed by atoms with Gasteiger partial charge in [-0.1, -0.05) is 12.1 Å². The van der Waals surface area contributed by atoms with Crippen LogP contribution in [0.5, 0.6) is 5.75 Å². The SMILES string of the molecule is COCCNCCOCc1ccc(OC)cc1. The van der Waals surface area contributed by atoms with Crippen LogP contribution in [0.2, 0.25) is 0 Å². The molecule has 96 valence electrons. The van der Waals surface area contributed by atoms with Gasteiger partial charge < -0.3 is 19.5 Å². The highest BCUT2D eigenvalue weighted by molar-refractivity contribution is 5.26. The lowest BCUT2D eigenvalue weighted by atomic mass is 10.2. The highest BCUT2D eigenvalue weighted by Crippen LogP contribution is 2.11. The summed E-state index contributed by atoms with van der Waals surface area (Å²) >= 11 is 0. The van der Waals surface area contributed by atoms with Crippen LogP contribution in [0.1, 0.15) is 5.56 Å². The van der Waals surface area contributed by atoms with E-state index in [-0.39, 0.29) is 0 Å². The summed E-state index contributed by atoms with van der Waals surface area (Å²) in [5.41, 5.74) is 1.16. The molecule has 4 heteroatoms. The first-order chi connectivity index (χ1) is 8.36. The molecule has 0 radical (unpaired) electrons. The molecule has 0 heterocycles. The van der Waals surface area contributed by atoms with E-state index < -0.39 is 0 Å². The van der Waals surface area contributed by atoms with Gasteiger partial charge >= 0.3 is 0 Å². The minimum atomic E-state index is 0.635. The van der Waals surface area contributed by atoms with Gasteiger partial charge in [0.05, 0.1) is 26.9 Å². The van der Waals surface area contributed by atoms with Crippen LogP contribution in [0.15, 0.2) is 24.3 Å². The van der Waals surface area contributed by atoms with E-state index in [0.717, 1.165) is 31.0 Å². The normalized spacial score (nSPS) is 10.5. The van der Waals surface area contributed by atoms with E-state index >= 15 is 0 Å². The molecule has 0 saturated carbocycles. The predicted molar refractivity (Wildman–Crippen MR) is 67.4 cm³/mol. The second kappa shape index (κ2) is 8.98. The van der Waals surface area contributed by atoms with Gasteiger partial charge in [-0.05, 0) is 17.7 Å². The van der Waals surface area contributed by atoms with Crippen molar-refractivity contribution in [2.45, 2.75) is 6.61 Å². The lowest BCUT2D eigenvalue weighted by Crippen LogP contribution is -2.23. The molecule has 0 aliphatic rings. The molecule has 0 aromatic heterocycles. The van der Waals surface area contributed by atoms with Crippen molar-refractivity contribution in [3.63, 3.8) is 0 Å². The van der Waals surface area contributed by atoms with E-state index in [2.05, 4.69) is 5.32 Å². The van der Waals surface area contributed by atoms with Crippen molar-refractivity contribution in [3.05, 3.63) is 29.8 Å². The summed E-state index contributed by atoms with van der Waals surface area (Å²) in [4.78, 5) is 0. The predicted octanol–water partition coefficient (Wildman–Crippen LogP) is 1.45. The monoisotopic (exact) mass is 239 g/mol.